The van der Waals surface area contributed by atoms with E-state index in [0.29, 0.717) is 30.9 Å². The van der Waals surface area contributed by atoms with Crippen molar-refractivity contribution in [2.24, 2.45) is 7.05 Å². The number of hydrogen-bond acceptors (Lipinski definition) is 5. The highest BCUT2D eigenvalue weighted by molar-refractivity contribution is 5.95. The van der Waals surface area contributed by atoms with Gasteiger partial charge in [-0.15, -0.1) is 0 Å². The lowest BCUT2D eigenvalue weighted by Crippen LogP contribution is -2.49. The van der Waals surface area contributed by atoms with Crippen molar-refractivity contribution in [2.45, 2.75) is 13.0 Å². The van der Waals surface area contributed by atoms with E-state index in [-0.39, 0.29) is 29.2 Å². The summed E-state index contributed by atoms with van der Waals surface area (Å²) < 4.78 is 16.6. The molecule has 4 rings (SSSR count). The maximum absolute atomic E-state index is 13.4. The molecule has 0 radical (unpaired) electrons. The van der Waals surface area contributed by atoms with E-state index in [1.54, 1.807) is 24.1 Å². The number of carbonyl (C=O) groups is 1. The summed E-state index contributed by atoms with van der Waals surface area (Å²) in [6, 6.07) is 3.99. The quantitative estimate of drug-likeness (QED) is 0.715. The Morgan fingerprint density at radius 1 is 1.39 bits per heavy atom. The highest BCUT2D eigenvalue weighted by Crippen LogP contribution is 2.27. The minimum absolute atomic E-state index is 0.0372. The van der Waals surface area contributed by atoms with E-state index in [4.69, 9.17) is 0 Å². The lowest BCUT2D eigenvalue weighted by molar-refractivity contribution is 0.0611. The fourth-order valence-electron chi connectivity index (χ4n) is 3.53. The molecule has 3 aromatic rings. The van der Waals surface area contributed by atoms with E-state index in [9.17, 15) is 14.3 Å². The van der Waals surface area contributed by atoms with Crippen LogP contribution in [-0.2, 0) is 7.05 Å². The van der Waals surface area contributed by atoms with E-state index in [1.807, 2.05) is 17.8 Å². The molecule has 1 aromatic carbocycles. The average molecular weight is 384 g/mol. The third-order valence-corrected chi connectivity index (χ3v) is 4.96. The molecular formula is C19H21FN6O2. The maximum atomic E-state index is 13.4. The van der Waals surface area contributed by atoms with Gasteiger partial charge in [-0.3, -0.25) is 4.79 Å². The van der Waals surface area contributed by atoms with Crippen molar-refractivity contribution < 1.29 is 14.3 Å². The van der Waals surface area contributed by atoms with Crippen LogP contribution < -0.4 is 5.32 Å². The van der Waals surface area contributed by atoms with Crippen LogP contribution in [0.15, 0.2) is 36.8 Å². The standard InChI is InChI=1S/C19H21FN6O2/c1-12-9-13(20)3-4-14(12)26-11-16(27)17(23-26)19(28)25-8-5-21-10-15(25)18-22-6-7-24(18)2/h3-4,6-7,9,11,15,21,27H,5,8,10H2,1-2H3. The van der Waals surface area contributed by atoms with Crippen molar-refractivity contribution in [3.63, 3.8) is 0 Å². The van der Waals surface area contributed by atoms with E-state index in [0.717, 1.165) is 5.82 Å². The number of carbonyl (C=O) groups excluding carboxylic acids is 1. The molecule has 0 saturated carbocycles. The Labute approximate surface area is 161 Å². The van der Waals surface area contributed by atoms with Gasteiger partial charge in [0.25, 0.3) is 5.91 Å². The topological polar surface area (TPSA) is 88.2 Å². The molecule has 0 bridgehead atoms. The molecule has 0 spiro atoms. The number of rotatable bonds is 3. The van der Waals surface area contributed by atoms with E-state index >= 15 is 0 Å². The second kappa shape index (κ2) is 7.08. The van der Waals surface area contributed by atoms with Crippen LogP contribution in [0.2, 0.25) is 0 Å². The zero-order valence-corrected chi connectivity index (χ0v) is 15.6. The predicted octanol–water partition coefficient (Wildman–Crippen LogP) is 1.55. The van der Waals surface area contributed by atoms with E-state index in [2.05, 4.69) is 15.4 Å². The monoisotopic (exact) mass is 384 g/mol. The van der Waals surface area contributed by atoms with Gasteiger partial charge in [0.2, 0.25) is 0 Å². The SMILES string of the molecule is Cc1cc(F)ccc1-n1cc(O)c(C(=O)N2CCNCC2c2nccn2C)n1. The van der Waals surface area contributed by atoms with Gasteiger partial charge in [0.05, 0.1) is 11.9 Å². The minimum atomic E-state index is -0.370. The minimum Gasteiger partial charge on any atom is -0.504 e. The third-order valence-electron chi connectivity index (χ3n) is 4.96. The van der Waals surface area contributed by atoms with Crippen molar-refractivity contribution in [3.05, 3.63) is 59.7 Å². The lowest BCUT2D eigenvalue weighted by Gasteiger charge is -2.35. The number of nitrogens with zero attached hydrogens (tertiary/aromatic N) is 5. The van der Waals surface area contributed by atoms with Crippen LogP contribution in [0.25, 0.3) is 5.69 Å². The summed E-state index contributed by atoms with van der Waals surface area (Å²) in [7, 11) is 1.88. The first kappa shape index (κ1) is 18.2. The Balaban J connectivity index is 1.67. The summed E-state index contributed by atoms with van der Waals surface area (Å²) in [5, 5.41) is 17.9. The Kier molecular flexibility index (Phi) is 4.60. The molecule has 1 saturated heterocycles. The number of aryl methyl sites for hydroxylation is 2. The van der Waals surface area contributed by atoms with Crippen LogP contribution in [0.1, 0.15) is 27.9 Å². The smallest absolute Gasteiger partial charge is 0.278 e. The molecule has 1 atom stereocenters. The molecule has 1 amide bonds. The Morgan fingerprint density at radius 2 is 2.21 bits per heavy atom. The molecule has 28 heavy (non-hydrogen) atoms. The molecule has 2 N–H and O–H groups in total. The first-order chi connectivity index (χ1) is 13.5. The maximum Gasteiger partial charge on any atom is 0.278 e. The molecule has 146 valence electrons. The van der Waals surface area contributed by atoms with Crippen molar-refractivity contribution in [1.82, 2.24) is 29.5 Å². The van der Waals surface area contributed by atoms with Crippen LogP contribution >= 0.6 is 0 Å². The number of amides is 1. The molecule has 9 heteroatoms. The van der Waals surface area contributed by atoms with Gasteiger partial charge in [0.1, 0.15) is 17.7 Å². The van der Waals surface area contributed by atoms with Gasteiger partial charge in [-0.25, -0.2) is 14.1 Å². The van der Waals surface area contributed by atoms with Crippen molar-refractivity contribution in [1.29, 1.82) is 0 Å². The summed E-state index contributed by atoms with van der Waals surface area (Å²) in [6.07, 6.45) is 4.89. The summed E-state index contributed by atoms with van der Waals surface area (Å²) in [5.41, 5.74) is 1.20. The highest BCUT2D eigenvalue weighted by atomic mass is 19.1. The molecule has 3 heterocycles. The van der Waals surface area contributed by atoms with Crippen LogP contribution in [0.5, 0.6) is 5.75 Å². The summed E-state index contributed by atoms with van der Waals surface area (Å²) in [4.78, 5) is 19.2. The van der Waals surface area contributed by atoms with Crippen molar-refractivity contribution in [3.8, 4) is 11.4 Å². The van der Waals surface area contributed by atoms with Crippen LogP contribution in [0, 0.1) is 12.7 Å². The van der Waals surface area contributed by atoms with E-state index in [1.165, 1.54) is 23.0 Å². The fraction of sp³-hybridized carbons (Fsp3) is 0.316. The van der Waals surface area contributed by atoms with Crippen molar-refractivity contribution >= 4 is 5.91 Å². The zero-order valence-electron chi connectivity index (χ0n) is 15.6. The Hall–Kier alpha value is -3.20. The number of imidazole rings is 1. The Morgan fingerprint density at radius 3 is 2.93 bits per heavy atom. The zero-order chi connectivity index (χ0) is 19.8. The van der Waals surface area contributed by atoms with Crippen LogP contribution in [-0.4, -0.2) is 54.9 Å². The normalized spacial score (nSPS) is 17.1. The molecule has 0 aliphatic carbocycles. The van der Waals surface area contributed by atoms with Crippen LogP contribution in [0.3, 0.4) is 0 Å². The molecule has 1 unspecified atom stereocenters. The van der Waals surface area contributed by atoms with Gasteiger partial charge < -0.3 is 19.9 Å². The second-order valence-corrected chi connectivity index (χ2v) is 6.85. The second-order valence-electron chi connectivity index (χ2n) is 6.85. The summed E-state index contributed by atoms with van der Waals surface area (Å²) in [6.45, 7) is 3.42. The first-order valence-electron chi connectivity index (χ1n) is 9.00. The largest absolute Gasteiger partial charge is 0.504 e. The molecule has 1 fully saturated rings. The van der Waals surface area contributed by atoms with Gasteiger partial charge in [-0.1, -0.05) is 0 Å². The van der Waals surface area contributed by atoms with Gasteiger partial charge in [0.15, 0.2) is 11.4 Å². The number of halogens is 1. The number of aromatic hydroxyl groups is 1. The van der Waals surface area contributed by atoms with Crippen LogP contribution in [0.4, 0.5) is 4.39 Å². The summed E-state index contributed by atoms with van der Waals surface area (Å²) in [5.74, 6) is -0.183. The lowest BCUT2D eigenvalue weighted by atomic mass is 10.1. The predicted molar refractivity (Wildman–Crippen MR) is 99.8 cm³/mol. The highest BCUT2D eigenvalue weighted by Gasteiger charge is 2.33. The van der Waals surface area contributed by atoms with Gasteiger partial charge in [0, 0.05) is 39.1 Å². The van der Waals surface area contributed by atoms with Gasteiger partial charge in [-0.05, 0) is 30.7 Å². The Bertz CT molecular complexity index is 1030. The fourth-order valence-corrected chi connectivity index (χ4v) is 3.53. The number of benzene rings is 1. The molecule has 1 aliphatic rings. The number of piperazine rings is 1. The number of hydrogen-bond donors (Lipinski definition) is 2. The third kappa shape index (κ3) is 3.13. The number of nitrogens with one attached hydrogen (secondary N) is 1. The van der Waals surface area contributed by atoms with E-state index < -0.39 is 0 Å². The number of aromatic nitrogens is 4. The molecular weight excluding hydrogens is 363 g/mol. The average Bonchev–Trinajstić information content (AvgIpc) is 3.27. The molecule has 1 aliphatic heterocycles. The van der Waals surface area contributed by atoms with Crippen molar-refractivity contribution in [2.75, 3.05) is 19.6 Å². The molecule has 2 aromatic heterocycles. The summed E-state index contributed by atoms with van der Waals surface area (Å²) >= 11 is 0. The first-order valence-corrected chi connectivity index (χ1v) is 9.00. The van der Waals surface area contributed by atoms with Gasteiger partial charge >= 0.3 is 0 Å². The molecule has 8 nitrogen and oxygen atoms in total. The van der Waals surface area contributed by atoms with Gasteiger partial charge in [-0.2, -0.15) is 5.10 Å².